The standard InChI is InChI=1S/C21H23N3O3S/c1-12-7-6-9-15(18(12)23)21(26)27-13(2)19(25)24-20-16(11-22)14-8-4-3-5-10-17(14)28-20/h6-7,9,13H,3-5,8,10,23H2,1-2H3,(H,24,25)/t13-/m1/s1. The van der Waals surface area contributed by atoms with Crippen molar-refractivity contribution in [2.75, 3.05) is 11.1 Å². The number of carbonyl (C=O) groups excluding carboxylic acids is 2. The first kappa shape index (κ1) is 19.9. The highest BCUT2D eigenvalue weighted by molar-refractivity contribution is 7.16. The van der Waals surface area contributed by atoms with Crippen LogP contribution < -0.4 is 11.1 Å². The number of amides is 1. The van der Waals surface area contributed by atoms with Crippen molar-refractivity contribution in [3.63, 3.8) is 0 Å². The predicted octanol–water partition coefficient (Wildman–Crippen LogP) is 3.96. The van der Waals surface area contributed by atoms with Crippen LogP contribution in [0.4, 0.5) is 10.7 Å². The van der Waals surface area contributed by atoms with Gasteiger partial charge in [-0.1, -0.05) is 18.6 Å². The van der Waals surface area contributed by atoms with Crippen LogP contribution in [0.3, 0.4) is 0 Å². The number of rotatable bonds is 4. The fourth-order valence-corrected chi connectivity index (χ4v) is 4.54. The summed E-state index contributed by atoms with van der Waals surface area (Å²) in [5.74, 6) is -1.11. The van der Waals surface area contributed by atoms with E-state index in [9.17, 15) is 14.9 Å². The Kier molecular flexibility index (Phi) is 6.00. The second-order valence-electron chi connectivity index (χ2n) is 6.95. The van der Waals surface area contributed by atoms with Gasteiger partial charge in [-0.15, -0.1) is 11.3 Å². The zero-order valence-corrected chi connectivity index (χ0v) is 16.8. The largest absolute Gasteiger partial charge is 0.449 e. The Hall–Kier alpha value is -2.85. The van der Waals surface area contributed by atoms with Crippen molar-refractivity contribution in [1.82, 2.24) is 0 Å². The summed E-state index contributed by atoms with van der Waals surface area (Å²) in [4.78, 5) is 26.1. The Bertz CT molecular complexity index is 959. The molecule has 0 bridgehead atoms. The lowest BCUT2D eigenvalue weighted by Gasteiger charge is -2.14. The number of nitrogen functional groups attached to an aromatic ring is 1. The first-order valence-corrected chi connectivity index (χ1v) is 10.2. The zero-order chi connectivity index (χ0) is 20.3. The van der Waals surface area contributed by atoms with E-state index < -0.39 is 18.0 Å². The summed E-state index contributed by atoms with van der Waals surface area (Å²) in [7, 11) is 0. The van der Waals surface area contributed by atoms with Crippen LogP contribution >= 0.6 is 11.3 Å². The van der Waals surface area contributed by atoms with Crippen molar-refractivity contribution in [2.45, 2.75) is 52.1 Å². The monoisotopic (exact) mass is 397 g/mol. The van der Waals surface area contributed by atoms with Gasteiger partial charge in [-0.3, -0.25) is 4.79 Å². The molecule has 7 heteroatoms. The third-order valence-electron chi connectivity index (χ3n) is 4.97. The number of hydrogen-bond acceptors (Lipinski definition) is 6. The van der Waals surface area contributed by atoms with Gasteiger partial charge in [0, 0.05) is 10.6 Å². The van der Waals surface area contributed by atoms with E-state index in [-0.39, 0.29) is 5.56 Å². The van der Waals surface area contributed by atoms with Gasteiger partial charge in [-0.25, -0.2) is 4.79 Å². The molecule has 1 heterocycles. The van der Waals surface area contributed by atoms with E-state index in [4.69, 9.17) is 10.5 Å². The molecule has 1 aromatic heterocycles. The number of para-hydroxylation sites is 1. The molecule has 3 rings (SSSR count). The number of fused-ring (bicyclic) bond motifs is 1. The van der Waals surface area contributed by atoms with Gasteiger partial charge in [0.15, 0.2) is 6.10 Å². The molecule has 1 atom stereocenters. The molecule has 0 radical (unpaired) electrons. The summed E-state index contributed by atoms with van der Waals surface area (Å²) in [6.07, 6.45) is 4.09. The predicted molar refractivity (Wildman–Crippen MR) is 109 cm³/mol. The molecule has 3 N–H and O–H groups in total. The van der Waals surface area contributed by atoms with Gasteiger partial charge in [0.1, 0.15) is 11.1 Å². The van der Waals surface area contributed by atoms with Gasteiger partial charge in [0.25, 0.3) is 5.91 Å². The summed E-state index contributed by atoms with van der Waals surface area (Å²) in [5, 5.41) is 12.9. The molecule has 6 nitrogen and oxygen atoms in total. The highest BCUT2D eigenvalue weighted by atomic mass is 32.1. The first-order valence-electron chi connectivity index (χ1n) is 9.34. The fourth-order valence-electron chi connectivity index (χ4n) is 3.30. The van der Waals surface area contributed by atoms with Crippen LogP contribution in [0, 0.1) is 18.3 Å². The van der Waals surface area contributed by atoms with E-state index in [1.165, 1.54) is 23.1 Å². The second kappa shape index (κ2) is 8.44. The van der Waals surface area contributed by atoms with E-state index >= 15 is 0 Å². The zero-order valence-electron chi connectivity index (χ0n) is 16.0. The van der Waals surface area contributed by atoms with Gasteiger partial charge in [0.2, 0.25) is 0 Å². The molecule has 1 aliphatic carbocycles. The third kappa shape index (κ3) is 4.02. The lowest BCUT2D eigenvalue weighted by atomic mass is 10.1. The van der Waals surface area contributed by atoms with E-state index in [1.807, 2.05) is 0 Å². The molecular formula is C21H23N3O3S. The number of esters is 1. The number of nitrogens with zero attached hydrogens (tertiary/aromatic N) is 1. The van der Waals surface area contributed by atoms with Gasteiger partial charge in [0.05, 0.1) is 11.1 Å². The Morgan fingerprint density at radius 1 is 1.29 bits per heavy atom. The van der Waals surface area contributed by atoms with Crippen LogP contribution in [0.15, 0.2) is 18.2 Å². The van der Waals surface area contributed by atoms with Crippen molar-refractivity contribution >= 4 is 33.9 Å². The Morgan fingerprint density at radius 2 is 2.04 bits per heavy atom. The number of carbonyl (C=O) groups is 2. The minimum Gasteiger partial charge on any atom is -0.449 e. The van der Waals surface area contributed by atoms with Gasteiger partial charge in [-0.2, -0.15) is 5.26 Å². The number of benzene rings is 1. The van der Waals surface area contributed by atoms with Crippen LogP contribution in [0.1, 0.15) is 58.1 Å². The number of nitrogens with one attached hydrogen (secondary N) is 1. The molecule has 1 aromatic carbocycles. The number of nitrogens with two attached hydrogens (primary N) is 1. The van der Waals surface area contributed by atoms with Crippen LogP contribution in [0.25, 0.3) is 0 Å². The lowest BCUT2D eigenvalue weighted by molar-refractivity contribution is -0.123. The number of thiophene rings is 1. The first-order chi connectivity index (χ1) is 13.4. The fraction of sp³-hybridized carbons (Fsp3) is 0.381. The molecule has 28 heavy (non-hydrogen) atoms. The van der Waals surface area contributed by atoms with Crippen molar-refractivity contribution in [1.29, 1.82) is 5.26 Å². The van der Waals surface area contributed by atoms with Crippen molar-refractivity contribution in [3.05, 3.63) is 45.3 Å². The Balaban J connectivity index is 1.72. The smallest absolute Gasteiger partial charge is 0.341 e. The minimum atomic E-state index is -1.01. The maximum Gasteiger partial charge on any atom is 0.341 e. The average Bonchev–Trinajstić information content (AvgIpc) is 2.83. The average molecular weight is 398 g/mol. The SMILES string of the molecule is Cc1cccc(C(=O)O[C@H](C)C(=O)Nc2sc3c(c2C#N)CCCCC3)c1N. The number of ether oxygens (including phenoxy) is 1. The van der Waals surface area contributed by atoms with E-state index in [0.717, 1.165) is 43.2 Å². The summed E-state index contributed by atoms with van der Waals surface area (Å²) < 4.78 is 5.29. The van der Waals surface area contributed by atoms with Crippen LogP contribution in [0.2, 0.25) is 0 Å². The van der Waals surface area contributed by atoms with Crippen LogP contribution in [0.5, 0.6) is 0 Å². The van der Waals surface area contributed by atoms with Crippen molar-refractivity contribution in [3.8, 4) is 6.07 Å². The summed E-state index contributed by atoms with van der Waals surface area (Å²) in [6.45, 7) is 3.30. The van der Waals surface area contributed by atoms with Crippen LogP contribution in [-0.4, -0.2) is 18.0 Å². The van der Waals surface area contributed by atoms with Gasteiger partial charge in [-0.05, 0) is 56.7 Å². The van der Waals surface area contributed by atoms with Crippen molar-refractivity contribution in [2.24, 2.45) is 0 Å². The quantitative estimate of drug-likeness (QED) is 0.461. The van der Waals surface area contributed by atoms with E-state index in [2.05, 4.69) is 11.4 Å². The molecule has 0 unspecified atom stereocenters. The third-order valence-corrected chi connectivity index (χ3v) is 6.17. The van der Waals surface area contributed by atoms with E-state index in [0.29, 0.717) is 16.3 Å². The maximum atomic E-state index is 12.6. The molecule has 0 aliphatic heterocycles. The molecular weight excluding hydrogens is 374 g/mol. The molecule has 0 saturated carbocycles. The minimum absolute atomic E-state index is 0.236. The lowest BCUT2D eigenvalue weighted by Crippen LogP contribution is -2.30. The number of anilines is 2. The van der Waals surface area contributed by atoms with Crippen molar-refractivity contribution < 1.29 is 14.3 Å². The Morgan fingerprint density at radius 3 is 2.79 bits per heavy atom. The Labute approximate surface area is 168 Å². The van der Waals surface area contributed by atoms with E-state index in [1.54, 1.807) is 25.1 Å². The topological polar surface area (TPSA) is 105 Å². The summed E-state index contributed by atoms with van der Waals surface area (Å²) in [5.41, 5.74) is 8.87. The molecule has 1 aliphatic rings. The second-order valence-corrected chi connectivity index (χ2v) is 8.06. The van der Waals surface area contributed by atoms with Crippen LogP contribution in [-0.2, 0) is 22.4 Å². The maximum absolute atomic E-state index is 12.6. The number of nitriles is 1. The molecule has 2 aromatic rings. The van der Waals surface area contributed by atoms with Gasteiger partial charge < -0.3 is 15.8 Å². The molecule has 0 fully saturated rings. The summed E-state index contributed by atoms with van der Waals surface area (Å²) >= 11 is 1.45. The number of hydrogen-bond donors (Lipinski definition) is 2. The highest BCUT2D eigenvalue weighted by Crippen LogP contribution is 2.37. The van der Waals surface area contributed by atoms with Gasteiger partial charge >= 0.3 is 5.97 Å². The summed E-state index contributed by atoms with van der Waals surface area (Å²) in [6, 6.07) is 7.31. The number of aryl methyl sites for hydroxylation is 2. The molecule has 0 spiro atoms. The highest BCUT2D eigenvalue weighted by Gasteiger charge is 2.25. The normalized spacial score (nSPS) is 14.3. The molecule has 0 saturated heterocycles. The molecule has 1 amide bonds. The molecule has 146 valence electrons.